The van der Waals surface area contributed by atoms with Crippen LogP contribution in [0.1, 0.15) is 19.4 Å². The standard InChI is InChI=1S/C14H22ClNO3/c1-4-16-7-11-5-12(15)6-13(18-3)14(11)19-9-10(2)8-17/h5-6,10,16-17H,4,7-9H2,1-3H3. The van der Waals surface area contributed by atoms with E-state index in [1.165, 1.54) is 0 Å². The van der Waals surface area contributed by atoms with Gasteiger partial charge in [-0.1, -0.05) is 25.4 Å². The van der Waals surface area contributed by atoms with Crippen LogP contribution in [0, 0.1) is 5.92 Å². The Morgan fingerprint density at radius 1 is 1.42 bits per heavy atom. The highest BCUT2D eigenvalue weighted by Crippen LogP contribution is 2.35. The van der Waals surface area contributed by atoms with Crippen molar-refractivity contribution in [3.05, 3.63) is 22.7 Å². The van der Waals surface area contributed by atoms with E-state index in [0.717, 1.165) is 12.1 Å². The van der Waals surface area contributed by atoms with Crippen molar-refractivity contribution in [3.8, 4) is 11.5 Å². The Hall–Kier alpha value is -0.970. The van der Waals surface area contributed by atoms with Crippen LogP contribution in [0.4, 0.5) is 0 Å². The molecule has 5 heteroatoms. The van der Waals surface area contributed by atoms with E-state index in [1.54, 1.807) is 13.2 Å². The van der Waals surface area contributed by atoms with E-state index in [4.69, 9.17) is 26.2 Å². The molecule has 1 unspecified atom stereocenters. The summed E-state index contributed by atoms with van der Waals surface area (Å²) in [7, 11) is 1.59. The number of ether oxygens (including phenoxy) is 2. The molecule has 4 nitrogen and oxygen atoms in total. The van der Waals surface area contributed by atoms with Crippen LogP contribution in [0.2, 0.25) is 5.02 Å². The molecule has 0 heterocycles. The minimum atomic E-state index is 0.0763. The van der Waals surface area contributed by atoms with Crippen LogP contribution in [0.15, 0.2) is 12.1 Å². The molecule has 2 N–H and O–H groups in total. The van der Waals surface area contributed by atoms with E-state index >= 15 is 0 Å². The summed E-state index contributed by atoms with van der Waals surface area (Å²) in [4.78, 5) is 0. The van der Waals surface area contributed by atoms with Gasteiger partial charge in [0.2, 0.25) is 0 Å². The van der Waals surface area contributed by atoms with Crippen LogP contribution in [-0.4, -0.2) is 32.0 Å². The SMILES string of the molecule is CCNCc1cc(Cl)cc(OC)c1OCC(C)CO. The van der Waals surface area contributed by atoms with Crippen LogP contribution in [0.25, 0.3) is 0 Å². The maximum absolute atomic E-state index is 9.05. The molecule has 0 saturated carbocycles. The van der Waals surface area contributed by atoms with Crippen molar-refractivity contribution in [1.29, 1.82) is 0 Å². The van der Waals surface area contributed by atoms with Crippen molar-refractivity contribution in [3.63, 3.8) is 0 Å². The molecule has 0 bridgehead atoms. The predicted molar refractivity (Wildman–Crippen MR) is 77.1 cm³/mol. The molecule has 0 saturated heterocycles. The zero-order chi connectivity index (χ0) is 14.3. The highest BCUT2D eigenvalue weighted by atomic mass is 35.5. The molecule has 0 aromatic heterocycles. The first kappa shape index (κ1) is 16.1. The zero-order valence-corrected chi connectivity index (χ0v) is 12.5. The molecule has 1 rings (SSSR count). The largest absolute Gasteiger partial charge is 0.493 e. The molecule has 0 aliphatic rings. The second-order valence-corrected chi connectivity index (χ2v) is 4.91. The molecule has 108 valence electrons. The fourth-order valence-electron chi connectivity index (χ4n) is 1.61. The van der Waals surface area contributed by atoms with E-state index in [9.17, 15) is 0 Å². The Morgan fingerprint density at radius 3 is 2.74 bits per heavy atom. The van der Waals surface area contributed by atoms with Crippen LogP contribution in [0.5, 0.6) is 11.5 Å². The number of benzene rings is 1. The Balaban J connectivity index is 2.95. The molecule has 1 aromatic rings. The van der Waals surface area contributed by atoms with Gasteiger partial charge in [-0.2, -0.15) is 0 Å². The molecule has 1 atom stereocenters. The first-order valence-corrected chi connectivity index (χ1v) is 6.80. The molecule has 0 fully saturated rings. The summed E-state index contributed by atoms with van der Waals surface area (Å²) in [6.45, 7) is 6.02. The van der Waals surface area contributed by atoms with Gasteiger partial charge >= 0.3 is 0 Å². The number of methoxy groups -OCH3 is 1. The van der Waals surface area contributed by atoms with Crippen LogP contribution < -0.4 is 14.8 Å². The lowest BCUT2D eigenvalue weighted by atomic mass is 10.1. The highest BCUT2D eigenvalue weighted by molar-refractivity contribution is 6.30. The topological polar surface area (TPSA) is 50.7 Å². The number of hydrogen-bond acceptors (Lipinski definition) is 4. The smallest absolute Gasteiger partial charge is 0.165 e. The number of aliphatic hydroxyl groups excluding tert-OH is 1. The maximum Gasteiger partial charge on any atom is 0.165 e. The predicted octanol–water partition coefficient (Wildman–Crippen LogP) is 2.47. The van der Waals surface area contributed by atoms with Crippen LogP contribution in [-0.2, 0) is 6.54 Å². The summed E-state index contributed by atoms with van der Waals surface area (Å²) in [5.74, 6) is 1.38. The first-order chi connectivity index (χ1) is 9.12. The Bertz CT molecular complexity index is 399. The van der Waals surface area contributed by atoms with Crippen molar-refractivity contribution in [2.45, 2.75) is 20.4 Å². The Morgan fingerprint density at radius 2 is 2.16 bits per heavy atom. The zero-order valence-electron chi connectivity index (χ0n) is 11.7. The molecule has 1 aromatic carbocycles. The summed E-state index contributed by atoms with van der Waals surface area (Å²) in [6, 6.07) is 3.60. The summed E-state index contributed by atoms with van der Waals surface area (Å²) in [5, 5.41) is 12.9. The molecule has 0 amide bonds. The van der Waals surface area contributed by atoms with Gasteiger partial charge in [-0.3, -0.25) is 0 Å². The molecule has 0 aliphatic carbocycles. The number of aliphatic hydroxyl groups is 1. The second-order valence-electron chi connectivity index (χ2n) is 4.48. The quantitative estimate of drug-likeness (QED) is 0.771. The van der Waals surface area contributed by atoms with Crippen molar-refractivity contribution in [2.24, 2.45) is 5.92 Å². The van der Waals surface area contributed by atoms with E-state index < -0.39 is 0 Å². The van der Waals surface area contributed by atoms with Gasteiger partial charge < -0.3 is 19.9 Å². The molecular formula is C14H22ClNO3. The van der Waals surface area contributed by atoms with Gasteiger partial charge in [0.25, 0.3) is 0 Å². The van der Waals surface area contributed by atoms with Crippen molar-refractivity contribution >= 4 is 11.6 Å². The lowest BCUT2D eigenvalue weighted by Gasteiger charge is -2.17. The fourth-order valence-corrected chi connectivity index (χ4v) is 1.84. The average Bonchev–Trinajstić information content (AvgIpc) is 2.42. The lowest BCUT2D eigenvalue weighted by molar-refractivity contribution is 0.170. The van der Waals surface area contributed by atoms with Gasteiger partial charge in [-0.05, 0) is 12.6 Å². The lowest BCUT2D eigenvalue weighted by Crippen LogP contribution is -2.16. The summed E-state index contributed by atoms with van der Waals surface area (Å²) in [5.41, 5.74) is 0.955. The van der Waals surface area contributed by atoms with Gasteiger partial charge in [0, 0.05) is 35.7 Å². The van der Waals surface area contributed by atoms with Gasteiger partial charge in [-0.15, -0.1) is 0 Å². The maximum atomic E-state index is 9.05. The second kappa shape index (κ2) is 8.25. The summed E-state index contributed by atoms with van der Waals surface area (Å²) >= 11 is 6.07. The highest BCUT2D eigenvalue weighted by Gasteiger charge is 2.14. The number of halogens is 1. The minimum Gasteiger partial charge on any atom is -0.493 e. The van der Waals surface area contributed by atoms with Crippen molar-refractivity contribution in [2.75, 3.05) is 26.9 Å². The Kier molecular flexibility index (Phi) is 6.99. The van der Waals surface area contributed by atoms with E-state index in [2.05, 4.69) is 5.32 Å². The number of hydrogen-bond donors (Lipinski definition) is 2. The van der Waals surface area contributed by atoms with Crippen molar-refractivity contribution in [1.82, 2.24) is 5.32 Å². The van der Waals surface area contributed by atoms with Gasteiger partial charge in [0.15, 0.2) is 11.5 Å². The third-order valence-corrected chi connectivity index (χ3v) is 2.92. The molecule has 0 spiro atoms. The van der Waals surface area contributed by atoms with E-state index in [1.807, 2.05) is 19.9 Å². The van der Waals surface area contributed by atoms with Gasteiger partial charge in [0.1, 0.15) is 0 Å². The van der Waals surface area contributed by atoms with E-state index in [-0.39, 0.29) is 12.5 Å². The fraction of sp³-hybridized carbons (Fsp3) is 0.571. The summed E-state index contributed by atoms with van der Waals surface area (Å²) < 4.78 is 11.1. The van der Waals surface area contributed by atoms with Crippen LogP contribution in [0.3, 0.4) is 0 Å². The molecule has 0 aliphatic heterocycles. The normalized spacial score (nSPS) is 12.3. The van der Waals surface area contributed by atoms with E-state index in [0.29, 0.717) is 29.7 Å². The van der Waals surface area contributed by atoms with Gasteiger partial charge in [0.05, 0.1) is 13.7 Å². The average molecular weight is 288 g/mol. The van der Waals surface area contributed by atoms with Gasteiger partial charge in [-0.25, -0.2) is 0 Å². The third kappa shape index (κ3) is 4.90. The minimum absolute atomic E-state index is 0.0763. The first-order valence-electron chi connectivity index (χ1n) is 6.43. The van der Waals surface area contributed by atoms with Crippen LogP contribution >= 0.6 is 11.6 Å². The molecule has 19 heavy (non-hydrogen) atoms. The van der Waals surface area contributed by atoms with Crippen molar-refractivity contribution < 1.29 is 14.6 Å². The molecular weight excluding hydrogens is 266 g/mol. The third-order valence-electron chi connectivity index (χ3n) is 2.71. The number of nitrogens with one attached hydrogen (secondary N) is 1. The monoisotopic (exact) mass is 287 g/mol. The molecule has 0 radical (unpaired) electrons. The Labute approximate surface area is 119 Å². The number of rotatable bonds is 8. The summed E-state index contributed by atoms with van der Waals surface area (Å²) in [6.07, 6.45) is 0.